The fraction of sp³-hybridized carbons (Fsp3) is 0.0526. The van der Waals surface area contributed by atoms with Gasteiger partial charge < -0.3 is 4.40 Å². The van der Waals surface area contributed by atoms with E-state index in [9.17, 15) is 22.0 Å². The van der Waals surface area contributed by atoms with Crippen molar-refractivity contribution in [3.63, 3.8) is 0 Å². The average Bonchev–Trinajstić information content (AvgIpc) is 3.36. The SMILES string of the molecule is Fc1cccn2c(-c3ccnc(C(F)(F)F)n3)cnc12.Fc1cccn2ccnc12. The molecular weight excluding hydrogens is 407 g/mol. The topological polar surface area (TPSA) is 60.4 Å². The molecule has 0 spiro atoms. The molecule has 5 aromatic rings. The van der Waals surface area contributed by atoms with Gasteiger partial charge >= 0.3 is 6.18 Å². The van der Waals surface area contributed by atoms with Gasteiger partial charge in [-0.05, 0) is 30.3 Å². The van der Waals surface area contributed by atoms with Gasteiger partial charge in [0, 0.05) is 31.0 Å². The van der Waals surface area contributed by atoms with E-state index in [0.717, 1.165) is 6.20 Å². The molecule has 5 aromatic heterocycles. The molecule has 0 aromatic carbocycles. The number of fused-ring (bicyclic) bond motifs is 2. The van der Waals surface area contributed by atoms with Crippen molar-refractivity contribution in [2.24, 2.45) is 0 Å². The Morgan fingerprint density at radius 3 is 2.23 bits per heavy atom. The highest BCUT2D eigenvalue weighted by Gasteiger charge is 2.34. The fourth-order valence-corrected chi connectivity index (χ4v) is 2.72. The maximum absolute atomic E-state index is 13.5. The standard InChI is InChI=1S/C12H6F4N4.C7H5FN2/c13-7-2-1-5-20-9(6-18-10(7)20)8-3-4-17-11(19-8)12(14,15)16;8-6-2-1-4-10-5-3-9-7(6)10/h1-6H;1-5H. The van der Waals surface area contributed by atoms with Crippen molar-refractivity contribution >= 4 is 11.3 Å². The molecule has 0 atom stereocenters. The normalized spacial score (nSPS) is 11.5. The zero-order valence-electron chi connectivity index (χ0n) is 14.9. The molecular formula is C19H11F5N6. The van der Waals surface area contributed by atoms with E-state index in [1.165, 1.54) is 41.1 Å². The number of alkyl halides is 3. The summed E-state index contributed by atoms with van der Waals surface area (Å²) in [5, 5.41) is 0. The number of aromatic nitrogens is 6. The van der Waals surface area contributed by atoms with E-state index in [2.05, 4.69) is 19.9 Å². The van der Waals surface area contributed by atoms with E-state index >= 15 is 0 Å². The summed E-state index contributed by atoms with van der Waals surface area (Å²) in [6.45, 7) is 0. The van der Waals surface area contributed by atoms with E-state index < -0.39 is 17.8 Å². The summed E-state index contributed by atoms with van der Waals surface area (Å²) in [5.41, 5.74) is 0.676. The summed E-state index contributed by atoms with van der Waals surface area (Å²) in [6, 6.07) is 6.99. The van der Waals surface area contributed by atoms with Gasteiger partial charge in [0.15, 0.2) is 22.9 Å². The van der Waals surface area contributed by atoms with Gasteiger partial charge in [0.05, 0.1) is 17.6 Å². The molecule has 152 valence electrons. The molecule has 0 aliphatic carbocycles. The van der Waals surface area contributed by atoms with E-state index in [1.54, 1.807) is 29.1 Å². The minimum Gasteiger partial charge on any atom is -0.305 e. The van der Waals surface area contributed by atoms with Gasteiger partial charge in [0.2, 0.25) is 5.82 Å². The first-order chi connectivity index (χ1) is 14.3. The second-order valence-corrected chi connectivity index (χ2v) is 5.97. The van der Waals surface area contributed by atoms with Crippen LogP contribution in [0.2, 0.25) is 0 Å². The van der Waals surface area contributed by atoms with Gasteiger partial charge in [-0.15, -0.1) is 0 Å². The lowest BCUT2D eigenvalue weighted by Gasteiger charge is -2.06. The second-order valence-electron chi connectivity index (χ2n) is 5.97. The lowest BCUT2D eigenvalue weighted by molar-refractivity contribution is -0.144. The number of hydrogen-bond donors (Lipinski definition) is 0. The second kappa shape index (κ2) is 7.50. The van der Waals surface area contributed by atoms with Gasteiger partial charge in [-0.1, -0.05) is 0 Å². The maximum atomic E-state index is 13.5. The lowest BCUT2D eigenvalue weighted by atomic mass is 10.3. The first-order valence-electron chi connectivity index (χ1n) is 8.44. The van der Waals surface area contributed by atoms with Crippen LogP contribution in [0.5, 0.6) is 0 Å². The van der Waals surface area contributed by atoms with Crippen molar-refractivity contribution in [2.75, 3.05) is 0 Å². The van der Waals surface area contributed by atoms with Crippen molar-refractivity contribution in [2.45, 2.75) is 6.18 Å². The minimum atomic E-state index is -4.64. The number of rotatable bonds is 1. The molecule has 0 fully saturated rings. The van der Waals surface area contributed by atoms with E-state index in [0.29, 0.717) is 5.65 Å². The van der Waals surface area contributed by atoms with Crippen LogP contribution < -0.4 is 0 Å². The van der Waals surface area contributed by atoms with E-state index in [-0.39, 0.29) is 22.9 Å². The van der Waals surface area contributed by atoms with Gasteiger partial charge in [-0.2, -0.15) is 13.2 Å². The monoisotopic (exact) mass is 418 g/mol. The van der Waals surface area contributed by atoms with Crippen LogP contribution in [0.1, 0.15) is 5.82 Å². The molecule has 30 heavy (non-hydrogen) atoms. The van der Waals surface area contributed by atoms with Crippen LogP contribution in [0.4, 0.5) is 22.0 Å². The summed E-state index contributed by atoms with van der Waals surface area (Å²) >= 11 is 0. The molecule has 0 radical (unpaired) electrons. The molecule has 0 saturated heterocycles. The highest BCUT2D eigenvalue weighted by atomic mass is 19.4. The first-order valence-corrected chi connectivity index (χ1v) is 8.44. The average molecular weight is 418 g/mol. The number of pyridine rings is 2. The molecule has 0 bridgehead atoms. The molecule has 6 nitrogen and oxygen atoms in total. The molecule has 0 N–H and O–H groups in total. The minimum absolute atomic E-state index is 0.0189. The van der Waals surface area contributed by atoms with Crippen molar-refractivity contribution in [3.8, 4) is 11.4 Å². The summed E-state index contributed by atoms with van der Waals surface area (Å²) in [5.74, 6) is -2.10. The third kappa shape index (κ3) is 3.69. The molecule has 0 amide bonds. The van der Waals surface area contributed by atoms with Crippen LogP contribution in [0.3, 0.4) is 0 Å². The van der Waals surface area contributed by atoms with Crippen LogP contribution in [-0.2, 0) is 6.18 Å². The quantitative estimate of drug-likeness (QED) is 0.378. The maximum Gasteiger partial charge on any atom is 0.451 e. The third-order valence-electron chi connectivity index (χ3n) is 4.03. The number of halogens is 5. The largest absolute Gasteiger partial charge is 0.451 e. The lowest BCUT2D eigenvalue weighted by Crippen LogP contribution is -2.11. The Labute approximate surface area is 165 Å². The fourth-order valence-electron chi connectivity index (χ4n) is 2.72. The summed E-state index contributed by atoms with van der Waals surface area (Å²) < 4.78 is 66.9. The van der Waals surface area contributed by atoms with Crippen LogP contribution >= 0.6 is 0 Å². The van der Waals surface area contributed by atoms with Gasteiger partial charge in [0.1, 0.15) is 0 Å². The van der Waals surface area contributed by atoms with Gasteiger partial charge in [-0.3, -0.25) is 4.40 Å². The first kappa shape index (κ1) is 19.4. The molecule has 0 aliphatic rings. The summed E-state index contributed by atoms with van der Waals surface area (Å²) in [6.07, 6.45) is 4.16. The van der Waals surface area contributed by atoms with Crippen molar-refractivity contribution in [3.05, 3.63) is 85.0 Å². The number of hydrogen-bond acceptors (Lipinski definition) is 4. The summed E-state index contributed by atoms with van der Waals surface area (Å²) in [7, 11) is 0. The summed E-state index contributed by atoms with van der Waals surface area (Å²) in [4.78, 5) is 14.3. The van der Waals surface area contributed by atoms with E-state index in [1.807, 2.05) is 0 Å². The number of imidazole rings is 2. The number of nitrogens with zero attached hydrogens (tertiary/aromatic N) is 6. The van der Waals surface area contributed by atoms with Crippen LogP contribution in [0, 0.1) is 11.6 Å². The van der Waals surface area contributed by atoms with Crippen molar-refractivity contribution in [1.29, 1.82) is 0 Å². The van der Waals surface area contributed by atoms with Crippen molar-refractivity contribution in [1.82, 2.24) is 28.7 Å². The predicted octanol–water partition coefficient (Wildman–Crippen LogP) is 4.42. The zero-order valence-corrected chi connectivity index (χ0v) is 14.9. The van der Waals surface area contributed by atoms with Crippen LogP contribution in [0.25, 0.3) is 22.7 Å². The Kier molecular flexibility index (Phi) is 4.86. The Hall–Kier alpha value is -3.89. The Morgan fingerprint density at radius 2 is 1.50 bits per heavy atom. The Balaban J connectivity index is 0.000000181. The highest BCUT2D eigenvalue weighted by Crippen LogP contribution is 2.28. The predicted molar refractivity (Wildman–Crippen MR) is 96.3 cm³/mol. The van der Waals surface area contributed by atoms with Gasteiger partial charge in [-0.25, -0.2) is 28.7 Å². The molecule has 5 heterocycles. The van der Waals surface area contributed by atoms with Gasteiger partial charge in [0.25, 0.3) is 0 Å². The third-order valence-corrected chi connectivity index (χ3v) is 4.03. The Bertz CT molecular complexity index is 1320. The highest BCUT2D eigenvalue weighted by molar-refractivity contribution is 5.60. The van der Waals surface area contributed by atoms with Crippen LogP contribution in [0.15, 0.2) is 67.5 Å². The molecule has 0 aliphatic heterocycles. The smallest absolute Gasteiger partial charge is 0.305 e. The van der Waals surface area contributed by atoms with E-state index in [4.69, 9.17) is 0 Å². The molecule has 5 rings (SSSR count). The zero-order chi connectivity index (χ0) is 21.3. The molecule has 0 saturated carbocycles. The Morgan fingerprint density at radius 1 is 0.767 bits per heavy atom. The van der Waals surface area contributed by atoms with Crippen LogP contribution in [-0.4, -0.2) is 28.7 Å². The van der Waals surface area contributed by atoms with Crippen molar-refractivity contribution < 1.29 is 22.0 Å². The molecule has 11 heteroatoms. The molecule has 0 unspecified atom stereocenters.